The third-order valence-electron chi connectivity index (χ3n) is 3.03. The van der Waals surface area contributed by atoms with Crippen molar-refractivity contribution in [1.82, 2.24) is 4.90 Å². The maximum Gasteiger partial charge on any atom is 0.410 e. The summed E-state index contributed by atoms with van der Waals surface area (Å²) in [6, 6.07) is 0.114. The third kappa shape index (κ3) is 3.61. The van der Waals surface area contributed by atoms with Gasteiger partial charge in [-0.1, -0.05) is 20.8 Å². The van der Waals surface area contributed by atoms with Gasteiger partial charge < -0.3 is 14.4 Å². The molecule has 1 rings (SSSR count). The molecule has 0 aliphatic carbocycles. The van der Waals surface area contributed by atoms with E-state index in [0.717, 1.165) is 0 Å². The van der Waals surface area contributed by atoms with Gasteiger partial charge in [-0.05, 0) is 11.8 Å². The molecular weight excluding hydrogens is 222 g/mol. The van der Waals surface area contributed by atoms with Gasteiger partial charge in [0.1, 0.15) is 6.61 Å². The fourth-order valence-corrected chi connectivity index (χ4v) is 2.00. The van der Waals surface area contributed by atoms with Gasteiger partial charge in [0.15, 0.2) is 0 Å². The highest BCUT2D eigenvalue weighted by molar-refractivity contribution is 5.71. The largest absolute Gasteiger partial charge is 0.469 e. The Morgan fingerprint density at radius 2 is 2.18 bits per heavy atom. The molecule has 2 atom stereocenters. The monoisotopic (exact) mass is 243 g/mol. The van der Waals surface area contributed by atoms with E-state index in [-0.39, 0.29) is 24.0 Å². The summed E-state index contributed by atoms with van der Waals surface area (Å²) in [5.74, 6) is 0.187. The zero-order chi connectivity index (χ0) is 13.0. The molecule has 0 aromatic heterocycles. The molecule has 0 saturated carbocycles. The Morgan fingerprint density at radius 1 is 1.53 bits per heavy atom. The molecule has 98 valence electrons. The lowest BCUT2D eigenvalue weighted by Gasteiger charge is -2.26. The van der Waals surface area contributed by atoms with Crippen molar-refractivity contribution in [3.05, 3.63) is 0 Å². The molecule has 0 unspecified atom stereocenters. The molecule has 0 aromatic carbocycles. The molecule has 0 radical (unpaired) electrons. The lowest BCUT2D eigenvalue weighted by Crippen LogP contribution is -2.40. The van der Waals surface area contributed by atoms with Crippen LogP contribution in [0.1, 0.15) is 27.2 Å². The summed E-state index contributed by atoms with van der Waals surface area (Å²) in [5.41, 5.74) is 0. The van der Waals surface area contributed by atoms with E-state index < -0.39 is 0 Å². The number of hydrogen-bond donors (Lipinski definition) is 0. The number of nitrogens with zero attached hydrogens (tertiary/aromatic N) is 1. The number of ether oxygens (including phenoxy) is 2. The van der Waals surface area contributed by atoms with Crippen molar-refractivity contribution in [2.24, 2.45) is 11.8 Å². The number of esters is 1. The van der Waals surface area contributed by atoms with Crippen LogP contribution in [0.4, 0.5) is 4.79 Å². The first kappa shape index (κ1) is 13.8. The van der Waals surface area contributed by atoms with Crippen molar-refractivity contribution in [2.75, 3.05) is 20.3 Å². The molecule has 17 heavy (non-hydrogen) atoms. The smallest absolute Gasteiger partial charge is 0.410 e. The van der Waals surface area contributed by atoms with Crippen molar-refractivity contribution < 1.29 is 19.1 Å². The minimum Gasteiger partial charge on any atom is -0.469 e. The SMILES string of the molecule is COC(=O)C[C@H](C)CN1C(=O)OC[C@@H]1C(C)C. The van der Waals surface area contributed by atoms with Crippen LogP contribution in [0.15, 0.2) is 0 Å². The second-order valence-corrected chi connectivity index (χ2v) is 4.93. The molecule has 5 nitrogen and oxygen atoms in total. The van der Waals surface area contributed by atoms with Crippen molar-refractivity contribution >= 4 is 12.1 Å². The predicted molar refractivity (Wildman–Crippen MR) is 62.5 cm³/mol. The standard InChI is InChI=1S/C12H21NO4/c1-8(2)10-7-17-12(15)13(10)6-9(3)5-11(14)16-4/h8-10H,5-7H2,1-4H3/t9-,10+/m0/s1. The minimum atomic E-state index is -0.277. The lowest BCUT2D eigenvalue weighted by atomic mass is 10.0. The number of hydrogen-bond acceptors (Lipinski definition) is 4. The molecule has 1 fully saturated rings. The van der Waals surface area contributed by atoms with Gasteiger partial charge in [-0.25, -0.2) is 4.79 Å². The van der Waals surface area contributed by atoms with Crippen molar-refractivity contribution in [3.63, 3.8) is 0 Å². The van der Waals surface area contributed by atoms with Gasteiger partial charge in [-0.15, -0.1) is 0 Å². The van der Waals surface area contributed by atoms with Gasteiger partial charge in [0.05, 0.1) is 13.2 Å². The first-order valence-electron chi connectivity index (χ1n) is 5.96. The predicted octanol–water partition coefficient (Wildman–Crippen LogP) is 1.66. The van der Waals surface area contributed by atoms with Crippen LogP contribution < -0.4 is 0 Å². The first-order valence-corrected chi connectivity index (χ1v) is 5.96. The highest BCUT2D eigenvalue weighted by atomic mass is 16.6. The fraction of sp³-hybridized carbons (Fsp3) is 0.833. The molecule has 0 spiro atoms. The number of cyclic esters (lactones) is 1. The van der Waals surface area contributed by atoms with E-state index in [1.165, 1.54) is 7.11 Å². The van der Waals surface area contributed by atoms with Gasteiger partial charge >= 0.3 is 12.1 Å². The maximum atomic E-state index is 11.6. The third-order valence-corrected chi connectivity index (χ3v) is 3.03. The number of carbonyl (C=O) groups is 2. The molecular formula is C12H21NO4. The van der Waals surface area contributed by atoms with E-state index >= 15 is 0 Å². The zero-order valence-corrected chi connectivity index (χ0v) is 10.9. The van der Waals surface area contributed by atoms with E-state index in [1.807, 2.05) is 6.92 Å². The molecule has 1 amide bonds. The molecule has 1 heterocycles. The van der Waals surface area contributed by atoms with Crippen LogP contribution in [-0.2, 0) is 14.3 Å². The van der Waals surface area contributed by atoms with E-state index in [2.05, 4.69) is 18.6 Å². The first-order chi connectivity index (χ1) is 7.95. The van der Waals surface area contributed by atoms with Crippen molar-refractivity contribution in [2.45, 2.75) is 33.2 Å². The number of methoxy groups -OCH3 is 1. The molecule has 1 aliphatic heterocycles. The average molecular weight is 243 g/mol. The Morgan fingerprint density at radius 3 is 2.71 bits per heavy atom. The molecule has 1 saturated heterocycles. The second kappa shape index (κ2) is 5.89. The van der Waals surface area contributed by atoms with E-state index in [1.54, 1.807) is 4.90 Å². The van der Waals surface area contributed by atoms with E-state index in [9.17, 15) is 9.59 Å². The maximum absolute atomic E-state index is 11.6. The van der Waals surface area contributed by atoms with Crippen LogP contribution in [0.3, 0.4) is 0 Å². The van der Waals surface area contributed by atoms with Gasteiger partial charge in [-0.2, -0.15) is 0 Å². The molecule has 0 N–H and O–H groups in total. The number of rotatable bonds is 5. The summed E-state index contributed by atoms with van der Waals surface area (Å²) < 4.78 is 9.66. The Kier molecular flexibility index (Phi) is 4.78. The Balaban J connectivity index is 2.53. The van der Waals surface area contributed by atoms with Crippen molar-refractivity contribution in [1.29, 1.82) is 0 Å². The summed E-state index contributed by atoms with van der Waals surface area (Å²) in [6.45, 7) is 7.04. The second-order valence-electron chi connectivity index (χ2n) is 4.93. The average Bonchev–Trinajstić information content (AvgIpc) is 2.60. The summed E-state index contributed by atoms with van der Waals surface area (Å²) in [4.78, 5) is 24.4. The topological polar surface area (TPSA) is 55.8 Å². The minimum absolute atomic E-state index is 0.0781. The van der Waals surface area contributed by atoms with Gasteiger partial charge in [0.25, 0.3) is 0 Å². The quantitative estimate of drug-likeness (QED) is 0.689. The van der Waals surface area contributed by atoms with Crippen LogP contribution in [0.2, 0.25) is 0 Å². The highest BCUT2D eigenvalue weighted by Crippen LogP contribution is 2.21. The van der Waals surface area contributed by atoms with Crippen LogP contribution in [-0.4, -0.2) is 43.3 Å². The van der Waals surface area contributed by atoms with Gasteiger partial charge in [0.2, 0.25) is 0 Å². The van der Waals surface area contributed by atoms with Gasteiger partial charge in [0, 0.05) is 13.0 Å². The lowest BCUT2D eigenvalue weighted by molar-refractivity contribution is -0.141. The summed E-state index contributed by atoms with van der Waals surface area (Å²) >= 11 is 0. The van der Waals surface area contributed by atoms with E-state index in [0.29, 0.717) is 25.5 Å². The molecule has 5 heteroatoms. The Bertz CT molecular complexity index is 290. The van der Waals surface area contributed by atoms with Crippen LogP contribution in [0.25, 0.3) is 0 Å². The van der Waals surface area contributed by atoms with Crippen LogP contribution in [0.5, 0.6) is 0 Å². The Labute approximate surface area is 102 Å². The normalized spacial score (nSPS) is 21.6. The fourth-order valence-electron chi connectivity index (χ4n) is 2.00. The van der Waals surface area contributed by atoms with Crippen LogP contribution in [0, 0.1) is 11.8 Å². The number of amides is 1. The molecule has 0 bridgehead atoms. The summed E-state index contributed by atoms with van der Waals surface area (Å²) in [5, 5.41) is 0. The molecule has 0 aromatic rings. The van der Waals surface area contributed by atoms with Crippen molar-refractivity contribution in [3.8, 4) is 0 Å². The number of carbonyl (C=O) groups excluding carboxylic acids is 2. The highest BCUT2D eigenvalue weighted by Gasteiger charge is 2.35. The van der Waals surface area contributed by atoms with Crippen LogP contribution >= 0.6 is 0 Å². The Hall–Kier alpha value is -1.26. The molecule has 1 aliphatic rings. The zero-order valence-electron chi connectivity index (χ0n) is 10.9. The summed E-state index contributed by atoms with van der Waals surface area (Å²) in [6.07, 6.45) is 0.0471. The summed E-state index contributed by atoms with van der Waals surface area (Å²) in [7, 11) is 1.37. The van der Waals surface area contributed by atoms with E-state index in [4.69, 9.17) is 4.74 Å². The van der Waals surface area contributed by atoms with Gasteiger partial charge in [-0.3, -0.25) is 4.79 Å².